The van der Waals surface area contributed by atoms with Crippen LogP contribution in [-0.4, -0.2) is 32.7 Å². The van der Waals surface area contributed by atoms with Gasteiger partial charge in [-0.25, -0.2) is 0 Å². The third-order valence-electron chi connectivity index (χ3n) is 2.77. The zero-order valence-electron chi connectivity index (χ0n) is 8.68. The predicted octanol–water partition coefficient (Wildman–Crippen LogP) is 1.84. The highest BCUT2D eigenvalue weighted by Gasteiger charge is 2.28. The maximum atomic E-state index is 10.7. The van der Waals surface area contributed by atoms with Crippen molar-refractivity contribution in [1.29, 1.82) is 0 Å². The van der Waals surface area contributed by atoms with Gasteiger partial charge in [-0.1, -0.05) is 0 Å². The van der Waals surface area contributed by atoms with Crippen molar-refractivity contribution < 1.29 is 19.8 Å². The summed E-state index contributed by atoms with van der Waals surface area (Å²) in [5.74, 6) is -1.73. The first-order valence-corrected chi connectivity index (χ1v) is 6.06. The number of rotatable bonds is 4. The van der Waals surface area contributed by atoms with Crippen LogP contribution in [0.25, 0.3) is 0 Å². The van der Waals surface area contributed by atoms with Gasteiger partial charge in [-0.2, -0.15) is 0 Å². The molecular formula is C10H16O4S. The van der Waals surface area contributed by atoms with Gasteiger partial charge in [-0.3, -0.25) is 9.59 Å². The quantitative estimate of drug-likeness (QED) is 0.773. The Balaban J connectivity index is 2.31. The minimum absolute atomic E-state index is 0.220. The first-order valence-electron chi connectivity index (χ1n) is 5.11. The monoisotopic (exact) mass is 232 g/mol. The zero-order chi connectivity index (χ0) is 11.4. The lowest BCUT2D eigenvalue weighted by molar-refractivity contribution is -0.142. The smallest absolute Gasteiger partial charge is 0.316 e. The molecule has 1 unspecified atom stereocenters. The van der Waals surface area contributed by atoms with Gasteiger partial charge in [0.1, 0.15) is 0 Å². The van der Waals surface area contributed by atoms with Gasteiger partial charge in [0.2, 0.25) is 0 Å². The SMILES string of the molecule is CC(SC1CCC(C(=O)O)CC1)C(=O)O. The van der Waals surface area contributed by atoms with Gasteiger partial charge in [0, 0.05) is 5.25 Å². The molecule has 1 aliphatic rings. The van der Waals surface area contributed by atoms with Crippen LogP contribution in [0.1, 0.15) is 32.6 Å². The van der Waals surface area contributed by atoms with Crippen LogP contribution in [0.5, 0.6) is 0 Å². The van der Waals surface area contributed by atoms with Crippen molar-refractivity contribution in [2.75, 3.05) is 0 Å². The van der Waals surface area contributed by atoms with Gasteiger partial charge in [-0.15, -0.1) is 11.8 Å². The van der Waals surface area contributed by atoms with E-state index < -0.39 is 17.2 Å². The molecule has 0 amide bonds. The predicted molar refractivity (Wildman–Crippen MR) is 58.1 cm³/mol. The fourth-order valence-electron chi connectivity index (χ4n) is 1.79. The van der Waals surface area contributed by atoms with Crippen LogP contribution in [0.4, 0.5) is 0 Å². The Bertz CT molecular complexity index is 246. The topological polar surface area (TPSA) is 74.6 Å². The molecular weight excluding hydrogens is 216 g/mol. The minimum Gasteiger partial charge on any atom is -0.481 e. The standard InChI is InChI=1S/C10H16O4S/c1-6(9(11)12)15-8-4-2-7(3-5-8)10(13)14/h6-8H,2-5H2,1H3,(H,11,12)(H,13,14). The van der Waals surface area contributed by atoms with E-state index in [4.69, 9.17) is 10.2 Å². The lowest BCUT2D eigenvalue weighted by atomic mass is 9.89. The number of aliphatic carboxylic acids is 2. The molecule has 0 radical (unpaired) electrons. The molecule has 15 heavy (non-hydrogen) atoms. The van der Waals surface area contributed by atoms with Gasteiger partial charge in [-0.05, 0) is 32.6 Å². The highest BCUT2D eigenvalue weighted by Crippen LogP contribution is 2.34. The normalized spacial score (nSPS) is 28.3. The van der Waals surface area contributed by atoms with E-state index >= 15 is 0 Å². The Morgan fingerprint density at radius 2 is 1.73 bits per heavy atom. The van der Waals surface area contributed by atoms with Crippen molar-refractivity contribution in [3.05, 3.63) is 0 Å². The van der Waals surface area contributed by atoms with Crippen molar-refractivity contribution >= 4 is 23.7 Å². The Morgan fingerprint density at radius 1 is 1.20 bits per heavy atom. The lowest BCUT2D eigenvalue weighted by Crippen LogP contribution is -2.25. The highest BCUT2D eigenvalue weighted by atomic mass is 32.2. The molecule has 0 bridgehead atoms. The second-order valence-electron chi connectivity index (χ2n) is 3.93. The maximum absolute atomic E-state index is 10.7. The van der Waals surface area contributed by atoms with Gasteiger partial charge in [0.15, 0.2) is 0 Å². The van der Waals surface area contributed by atoms with Crippen LogP contribution in [0, 0.1) is 5.92 Å². The third-order valence-corrected chi connectivity index (χ3v) is 4.23. The van der Waals surface area contributed by atoms with E-state index in [1.54, 1.807) is 6.92 Å². The lowest BCUT2D eigenvalue weighted by Gasteiger charge is -2.26. The van der Waals surface area contributed by atoms with Gasteiger partial charge in [0.05, 0.1) is 11.2 Å². The van der Waals surface area contributed by atoms with E-state index in [0.717, 1.165) is 12.8 Å². The molecule has 1 aliphatic carbocycles. The van der Waals surface area contributed by atoms with E-state index in [-0.39, 0.29) is 5.92 Å². The fraction of sp³-hybridized carbons (Fsp3) is 0.800. The number of carboxylic acid groups (broad SMARTS) is 2. The molecule has 1 rings (SSSR count). The zero-order valence-corrected chi connectivity index (χ0v) is 9.50. The van der Waals surface area contributed by atoms with Gasteiger partial charge >= 0.3 is 11.9 Å². The molecule has 0 spiro atoms. The summed E-state index contributed by atoms with van der Waals surface area (Å²) in [5.41, 5.74) is 0. The summed E-state index contributed by atoms with van der Waals surface area (Å²) in [6.07, 6.45) is 3.00. The molecule has 1 fully saturated rings. The molecule has 5 heteroatoms. The average Bonchev–Trinajstić information content (AvgIpc) is 2.18. The number of carbonyl (C=O) groups is 2. The molecule has 0 saturated heterocycles. The summed E-state index contributed by atoms with van der Waals surface area (Å²) in [7, 11) is 0. The first-order chi connectivity index (χ1) is 7.00. The van der Waals surface area contributed by atoms with Gasteiger partial charge < -0.3 is 10.2 Å². The van der Waals surface area contributed by atoms with Crippen LogP contribution >= 0.6 is 11.8 Å². The van der Waals surface area contributed by atoms with Crippen LogP contribution in [0.3, 0.4) is 0 Å². The fourth-order valence-corrected chi connectivity index (χ4v) is 3.03. The molecule has 2 N–H and O–H groups in total. The number of carboxylic acids is 2. The second kappa shape index (κ2) is 5.39. The molecule has 0 heterocycles. The molecule has 86 valence electrons. The van der Waals surface area contributed by atoms with Crippen LogP contribution in [-0.2, 0) is 9.59 Å². The van der Waals surface area contributed by atoms with Crippen molar-refractivity contribution in [2.24, 2.45) is 5.92 Å². The molecule has 0 aromatic carbocycles. The molecule has 0 aromatic rings. The van der Waals surface area contributed by atoms with E-state index in [1.165, 1.54) is 11.8 Å². The highest BCUT2D eigenvalue weighted by molar-refractivity contribution is 8.01. The largest absolute Gasteiger partial charge is 0.481 e. The molecule has 1 saturated carbocycles. The summed E-state index contributed by atoms with van der Waals surface area (Å²) >= 11 is 1.45. The average molecular weight is 232 g/mol. The summed E-state index contributed by atoms with van der Waals surface area (Å²) in [4.78, 5) is 21.3. The Labute approximate surface area is 93.1 Å². The molecule has 4 nitrogen and oxygen atoms in total. The minimum atomic E-state index is -0.791. The van der Waals surface area contributed by atoms with E-state index in [2.05, 4.69) is 0 Å². The number of hydrogen-bond donors (Lipinski definition) is 2. The van der Waals surface area contributed by atoms with Crippen molar-refractivity contribution in [1.82, 2.24) is 0 Å². The van der Waals surface area contributed by atoms with E-state index in [0.29, 0.717) is 18.1 Å². The van der Waals surface area contributed by atoms with Gasteiger partial charge in [0.25, 0.3) is 0 Å². The van der Waals surface area contributed by atoms with E-state index in [1.807, 2.05) is 0 Å². The van der Waals surface area contributed by atoms with Crippen LogP contribution in [0.15, 0.2) is 0 Å². The van der Waals surface area contributed by atoms with Crippen molar-refractivity contribution in [3.8, 4) is 0 Å². The maximum Gasteiger partial charge on any atom is 0.316 e. The number of hydrogen-bond acceptors (Lipinski definition) is 3. The summed E-state index contributed by atoms with van der Waals surface area (Å²) in [6, 6.07) is 0. The number of thioether (sulfide) groups is 1. The second-order valence-corrected chi connectivity index (χ2v) is 5.57. The third kappa shape index (κ3) is 3.74. The van der Waals surface area contributed by atoms with Crippen molar-refractivity contribution in [2.45, 2.75) is 43.1 Å². The Hall–Kier alpha value is -0.710. The first kappa shape index (κ1) is 12.4. The molecule has 0 aliphatic heterocycles. The van der Waals surface area contributed by atoms with Crippen LogP contribution < -0.4 is 0 Å². The van der Waals surface area contributed by atoms with Crippen molar-refractivity contribution in [3.63, 3.8) is 0 Å². The summed E-state index contributed by atoms with van der Waals surface area (Å²) in [5, 5.41) is 17.5. The van der Waals surface area contributed by atoms with E-state index in [9.17, 15) is 9.59 Å². The Morgan fingerprint density at radius 3 is 2.13 bits per heavy atom. The summed E-state index contributed by atoms with van der Waals surface area (Å²) < 4.78 is 0. The van der Waals surface area contributed by atoms with Crippen LogP contribution in [0.2, 0.25) is 0 Å². The summed E-state index contributed by atoms with van der Waals surface area (Å²) in [6.45, 7) is 1.68. The molecule has 1 atom stereocenters. The Kier molecular flexibility index (Phi) is 4.45. The molecule has 0 aromatic heterocycles.